The second-order valence-electron chi connectivity index (χ2n) is 4.86. The maximum atomic E-state index is 5.16. The van der Waals surface area contributed by atoms with Crippen LogP contribution in [0.2, 0.25) is 0 Å². The van der Waals surface area contributed by atoms with Gasteiger partial charge >= 0.3 is 0 Å². The van der Waals surface area contributed by atoms with Gasteiger partial charge in [0.05, 0.1) is 18.9 Å². The van der Waals surface area contributed by atoms with Gasteiger partial charge in [-0.25, -0.2) is 0 Å². The third kappa shape index (κ3) is 3.58. The van der Waals surface area contributed by atoms with Crippen LogP contribution in [0.3, 0.4) is 0 Å². The Morgan fingerprint density at radius 3 is 2.62 bits per heavy atom. The van der Waals surface area contributed by atoms with Gasteiger partial charge in [0.1, 0.15) is 5.75 Å². The highest BCUT2D eigenvalue weighted by Crippen LogP contribution is 2.34. The number of methoxy groups -OCH3 is 1. The molecular weight excluding hydrogens is 280 g/mol. The van der Waals surface area contributed by atoms with Crippen LogP contribution in [0.4, 0.5) is 0 Å². The Balaban J connectivity index is 1.52. The molecule has 2 aromatic carbocycles. The second-order valence-corrected chi connectivity index (χ2v) is 6.06. The third-order valence-corrected chi connectivity index (χ3v) is 4.63. The van der Waals surface area contributed by atoms with E-state index in [0.29, 0.717) is 5.25 Å². The van der Waals surface area contributed by atoms with E-state index in [-0.39, 0.29) is 0 Å². The quantitative estimate of drug-likeness (QED) is 0.936. The molecule has 2 aromatic rings. The van der Waals surface area contributed by atoms with Crippen molar-refractivity contribution in [1.82, 2.24) is 5.32 Å². The Labute approximate surface area is 129 Å². The zero-order chi connectivity index (χ0) is 14.5. The molecule has 1 unspecified atom stereocenters. The second kappa shape index (κ2) is 6.68. The number of hydrogen-bond acceptors (Lipinski definition) is 4. The van der Waals surface area contributed by atoms with Crippen LogP contribution in [0.15, 0.2) is 59.6 Å². The van der Waals surface area contributed by atoms with E-state index in [1.165, 1.54) is 11.1 Å². The Morgan fingerprint density at radius 2 is 1.90 bits per heavy atom. The van der Waals surface area contributed by atoms with Crippen molar-refractivity contribution in [3.8, 4) is 5.75 Å². The van der Waals surface area contributed by atoms with Gasteiger partial charge in [-0.2, -0.15) is 0 Å². The maximum absolute atomic E-state index is 5.16. The minimum atomic E-state index is 0.435. The lowest BCUT2D eigenvalue weighted by atomic mass is 10.1. The van der Waals surface area contributed by atoms with Crippen LogP contribution in [0.1, 0.15) is 16.4 Å². The van der Waals surface area contributed by atoms with Crippen LogP contribution in [-0.4, -0.2) is 18.8 Å². The van der Waals surface area contributed by atoms with Gasteiger partial charge in [-0.05, 0) is 23.3 Å². The number of amidine groups is 1. The summed E-state index contributed by atoms with van der Waals surface area (Å²) in [7, 11) is 1.68. The maximum Gasteiger partial charge on any atom is 0.157 e. The van der Waals surface area contributed by atoms with Crippen LogP contribution in [0, 0.1) is 0 Å². The number of nitrogens with zero attached hydrogens (tertiary/aromatic N) is 1. The number of ether oxygens (including phenoxy) is 1. The minimum absolute atomic E-state index is 0.435. The first-order chi connectivity index (χ1) is 10.3. The SMILES string of the molecule is COc1ccc(CNC2=NCC(c3ccccc3)S2)cc1. The fourth-order valence-electron chi connectivity index (χ4n) is 2.23. The van der Waals surface area contributed by atoms with E-state index >= 15 is 0 Å². The van der Waals surface area contributed by atoms with Crippen molar-refractivity contribution in [2.45, 2.75) is 11.8 Å². The molecule has 0 spiro atoms. The van der Waals surface area contributed by atoms with Crippen molar-refractivity contribution in [1.29, 1.82) is 0 Å². The lowest BCUT2D eigenvalue weighted by Gasteiger charge is -2.09. The molecule has 0 fully saturated rings. The first kappa shape index (κ1) is 14.0. The van der Waals surface area contributed by atoms with Crippen LogP contribution >= 0.6 is 11.8 Å². The highest BCUT2D eigenvalue weighted by molar-refractivity contribution is 8.14. The monoisotopic (exact) mass is 298 g/mol. The Bertz CT molecular complexity index is 610. The lowest BCUT2D eigenvalue weighted by molar-refractivity contribution is 0.414. The highest BCUT2D eigenvalue weighted by atomic mass is 32.2. The largest absolute Gasteiger partial charge is 0.497 e. The van der Waals surface area contributed by atoms with Crippen molar-refractivity contribution in [3.05, 3.63) is 65.7 Å². The standard InChI is InChI=1S/C17H18N2OS/c1-20-15-9-7-13(8-10-15)11-18-17-19-12-16(21-17)14-5-3-2-4-6-14/h2-10,16H,11-12H2,1H3,(H,18,19). The number of rotatable bonds is 4. The summed E-state index contributed by atoms with van der Waals surface area (Å²) < 4.78 is 5.16. The molecule has 1 atom stereocenters. The van der Waals surface area contributed by atoms with E-state index in [9.17, 15) is 0 Å². The molecule has 0 aliphatic carbocycles. The molecule has 108 valence electrons. The van der Waals surface area contributed by atoms with Crippen molar-refractivity contribution >= 4 is 16.9 Å². The topological polar surface area (TPSA) is 33.6 Å². The van der Waals surface area contributed by atoms with Gasteiger partial charge in [-0.15, -0.1) is 0 Å². The van der Waals surface area contributed by atoms with Crippen LogP contribution in [0.25, 0.3) is 0 Å². The number of hydrogen-bond donors (Lipinski definition) is 1. The van der Waals surface area contributed by atoms with Gasteiger partial charge in [-0.1, -0.05) is 54.2 Å². The molecule has 3 rings (SSSR count). The summed E-state index contributed by atoms with van der Waals surface area (Å²) >= 11 is 1.80. The normalized spacial score (nSPS) is 17.4. The van der Waals surface area contributed by atoms with Crippen molar-refractivity contribution in [2.24, 2.45) is 4.99 Å². The summed E-state index contributed by atoms with van der Waals surface area (Å²) in [5, 5.41) is 4.87. The van der Waals surface area contributed by atoms with Crippen molar-refractivity contribution in [3.63, 3.8) is 0 Å². The Morgan fingerprint density at radius 1 is 1.14 bits per heavy atom. The van der Waals surface area contributed by atoms with Gasteiger partial charge < -0.3 is 10.1 Å². The zero-order valence-corrected chi connectivity index (χ0v) is 12.8. The minimum Gasteiger partial charge on any atom is -0.497 e. The Kier molecular flexibility index (Phi) is 4.46. The summed E-state index contributed by atoms with van der Waals surface area (Å²) in [5.41, 5.74) is 2.56. The van der Waals surface area contributed by atoms with Gasteiger partial charge in [-0.3, -0.25) is 4.99 Å². The third-order valence-electron chi connectivity index (χ3n) is 3.43. The lowest BCUT2D eigenvalue weighted by Crippen LogP contribution is -2.18. The molecule has 3 nitrogen and oxygen atoms in total. The van der Waals surface area contributed by atoms with E-state index in [1.54, 1.807) is 18.9 Å². The van der Waals surface area contributed by atoms with Crippen molar-refractivity contribution in [2.75, 3.05) is 13.7 Å². The number of benzene rings is 2. The van der Waals surface area contributed by atoms with Gasteiger partial charge in [0.15, 0.2) is 5.17 Å². The molecule has 0 radical (unpaired) electrons. The summed E-state index contributed by atoms with van der Waals surface area (Å²) in [4.78, 5) is 4.59. The highest BCUT2D eigenvalue weighted by Gasteiger charge is 2.20. The average Bonchev–Trinajstić information content (AvgIpc) is 3.03. The first-order valence-corrected chi connectivity index (χ1v) is 7.86. The van der Waals surface area contributed by atoms with Crippen LogP contribution < -0.4 is 10.1 Å². The van der Waals surface area contributed by atoms with Gasteiger partial charge in [0, 0.05) is 6.54 Å². The number of aliphatic imine (C=N–C) groups is 1. The zero-order valence-electron chi connectivity index (χ0n) is 12.0. The fraction of sp³-hybridized carbons (Fsp3) is 0.235. The smallest absolute Gasteiger partial charge is 0.157 e. The summed E-state index contributed by atoms with van der Waals surface area (Å²) in [6, 6.07) is 18.6. The van der Waals surface area contributed by atoms with Gasteiger partial charge in [0.25, 0.3) is 0 Å². The van der Waals surface area contributed by atoms with E-state index in [1.807, 2.05) is 18.2 Å². The molecule has 1 aliphatic heterocycles. The summed E-state index contributed by atoms with van der Waals surface area (Å²) in [6.45, 7) is 1.64. The van der Waals surface area contributed by atoms with E-state index in [2.05, 4.69) is 46.7 Å². The van der Waals surface area contributed by atoms with E-state index in [4.69, 9.17) is 4.74 Å². The molecule has 1 aliphatic rings. The van der Waals surface area contributed by atoms with Crippen LogP contribution in [0.5, 0.6) is 5.75 Å². The molecule has 21 heavy (non-hydrogen) atoms. The number of thioether (sulfide) groups is 1. The molecule has 0 amide bonds. The molecule has 0 saturated heterocycles. The molecule has 1 heterocycles. The molecule has 4 heteroatoms. The van der Waals surface area contributed by atoms with Crippen molar-refractivity contribution < 1.29 is 4.74 Å². The number of nitrogens with one attached hydrogen (secondary N) is 1. The van der Waals surface area contributed by atoms with Gasteiger partial charge in [0.2, 0.25) is 0 Å². The first-order valence-electron chi connectivity index (χ1n) is 6.98. The predicted molar refractivity (Wildman–Crippen MR) is 88.9 cm³/mol. The van der Waals surface area contributed by atoms with E-state index in [0.717, 1.165) is 24.0 Å². The molecular formula is C17H18N2OS. The molecule has 0 bridgehead atoms. The van der Waals surface area contributed by atoms with E-state index < -0.39 is 0 Å². The Hall–Kier alpha value is -1.94. The molecule has 1 N–H and O–H groups in total. The molecule has 0 saturated carbocycles. The van der Waals surface area contributed by atoms with Crippen LogP contribution in [-0.2, 0) is 6.54 Å². The summed E-state index contributed by atoms with van der Waals surface area (Å²) in [6.07, 6.45) is 0. The predicted octanol–water partition coefficient (Wildman–Crippen LogP) is 3.63. The summed E-state index contributed by atoms with van der Waals surface area (Å²) in [5.74, 6) is 0.885. The average molecular weight is 298 g/mol. The fourth-order valence-corrected chi connectivity index (χ4v) is 3.25. The molecule has 0 aromatic heterocycles.